The van der Waals surface area contributed by atoms with Gasteiger partial charge < -0.3 is 10.2 Å². The average Bonchev–Trinajstić information content (AvgIpc) is 2.47. The van der Waals surface area contributed by atoms with Gasteiger partial charge in [0.05, 0.1) is 0 Å². The monoisotopic (exact) mass is 254 g/mol. The number of likely N-dealkylation sites (tertiary alicyclic amines) is 1. The minimum Gasteiger partial charge on any atom is -0.308 e. The van der Waals surface area contributed by atoms with E-state index >= 15 is 0 Å². The highest BCUT2D eigenvalue weighted by atomic mass is 19.1. The topological polar surface area (TPSA) is 15.3 Å². The van der Waals surface area contributed by atoms with E-state index in [2.05, 4.69) is 31.1 Å². The molecule has 4 heteroatoms. The Hall–Kier alpha value is -1.00. The van der Waals surface area contributed by atoms with Crippen LogP contribution in [0.4, 0.5) is 8.78 Å². The second kappa shape index (κ2) is 4.94. The smallest absolute Gasteiger partial charge is 0.126 e. The van der Waals surface area contributed by atoms with E-state index in [0.717, 1.165) is 19.2 Å². The van der Waals surface area contributed by atoms with E-state index in [1.54, 1.807) is 0 Å². The minimum atomic E-state index is -0.519. The zero-order valence-corrected chi connectivity index (χ0v) is 11.1. The molecule has 1 heterocycles. The summed E-state index contributed by atoms with van der Waals surface area (Å²) in [5.74, 6) is -1.04. The van der Waals surface area contributed by atoms with Crippen LogP contribution in [0.25, 0.3) is 0 Å². The Labute approximate surface area is 107 Å². The third-order valence-corrected chi connectivity index (χ3v) is 3.59. The summed E-state index contributed by atoms with van der Waals surface area (Å²) in [5, 5.41) is 3.40. The number of likely N-dealkylation sites (N-methyl/N-ethyl adjacent to an activating group) is 1. The average molecular weight is 254 g/mol. The van der Waals surface area contributed by atoms with Gasteiger partial charge in [0.25, 0.3) is 0 Å². The van der Waals surface area contributed by atoms with Crippen molar-refractivity contribution in [3.63, 3.8) is 0 Å². The molecule has 0 spiro atoms. The molecule has 1 N–H and O–H groups in total. The van der Waals surface area contributed by atoms with E-state index in [1.807, 2.05) is 0 Å². The SMILES string of the molecule is CN1CC(NCc2cc(F)cc(F)c2)C(C)(C)C1. The summed E-state index contributed by atoms with van der Waals surface area (Å²) in [7, 11) is 2.09. The van der Waals surface area contributed by atoms with E-state index in [1.165, 1.54) is 12.1 Å². The summed E-state index contributed by atoms with van der Waals surface area (Å²) >= 11 is 0. The molecule has 0 saturated carbocycles. The molecule has 0 radical (unpaired) electrons. The molecule has 1 aromatic carbocycles. The molecule has 0 amide bonds. The van der Waals surface area contributed by atoms with E-state index in [4.69, 9.17) is 0 Å². The van der Waals surface area contributed by atoms with Crippen LogP contribution in [0.2, 0.25) is 0 Å². The van der Waals surface area contributed by atoms with Gasteiger partial charge in [-0.1, -0.05) is 13.8 Å². The second-order valence-electron chi connectivity index (χ2n) is 5.90. The third-order valence-electron chi connectivity index (χ3n) is 3.59. The highest BCUT2D eigenvalue weighted by Crippen LogP contribution is 2.28. The zero-order chi connectivity index (χ0) is 13.3. The lowest BCUT2D eigenvalue weighted by Gasteiger charge is -2.26. The van der Waals surface area contributed by atoms with E-state index in [9.17, 15) is 8.78 Å². The maximum atomic E-state index is 13.1. The summed E-state index contributed by atoms with van der Waals surface area (Å²) < 4.78 is 26.1. The first-order valence-corrected chi connectivity index (χ1v) is 6.24. The quantitative estimate of drug-likeness (QED) is 0.891. The van der Waals surface area contributed by atoms with E-state index in [-0.39, 0.29) is 5.41 Å². The van der Waals surface area contributed by atoms with Gasteiger partial charge in [-0.3, -0.25) is 0 Å². The van der Waals surface area contributed by atoms with Crippen LogP contribution in [-0.2, 0) is 6.54 Å². The van der Waals surface area contributed by atoms with Crippen molar-refractivity contribution in [3.8, 4) is 0 Å². The van der Waals surface area contributed by atoms with Gasteiger partial charge in [-0.2, -0.15) is 0 Å². The molecular weight excluding hydrogens is 234 g/mol. The highest BCUT2D eigenvalue weighted by Gasteiger charge is 2.37. The predicted molar refractivity (Wildman–Crippen MR) is 68.3 cm³/mol. The summed E-state index contributed by atoms with van der Waals surface area (Å²) in [6.45, 7) is 6.91. The number of benzene rings is 1. The van der Waals surface area contributed by atoms with Crippen molar-refractivity contribution in [2.45, 2.75) is 26.4 Å². The molecule has 1 aromatic rings. The van der Waals surface area contributed by atoms with Crippen molar-refractivity contribution >= 4 is 0 Å². The summed E-state index contributed by atoms with van der Waals surface area (Å²) in [6, 6.07) is 3.99. The fraction of sp³-hybridized carbons (Fsp3) is 0.571. The normalized spacial score (nSPS) is 23.5. The molecule has 1 unspecified atom stereocenters. The third kappa shape index (κ3) is 3.06. The van der Waals surface area contributed by atoms with Crippen LogP contribution in [0.1, 0.15) is 19.4 Å². The molecule has 2 rings (SSSR count). The lowest BCUT2D eigenvalue weighted by Crippen LogP contribution is -2.40. The Balaban J connectivity index is 1.99. The molecule has 18 heavy (non-hydrogen) atoms. The van der Waals surface area contributed by atoms with Crippen LogP contribution < -0.4 is 5.32 Å². The maximum absolute atomic E-state index is 13.1. The Morgan fingerprint density at radius 3 is 2.39 bits per heavy atom. The van der Waals surface area contributed by atoms with Crippen molar-refractivity contribution in [2.75, 3.05) is 20.1 Å². The van der Waals surface area contributed by atoms with Crippen LogP contribution in [0.15, 0.2) is 18.2 Å². The molecule has 1 atom stereocenters. The minimum absolute atomic E-state index is 0.181. The van der Waals surface area contributed by atoms with Crippen LogP contribution >= 0.6 is 0 Å². The fourth-order valence-corrected chi connectivity index (χ4v) is 2.72. The molecule has 100 valence electrons. The Morgan fingerprint density at radius 2 is 1.89 bits per heavy atom. The van der Waals surface area contributed by atoms with Gasteiger partial charge in [-0.25, -0.2) is 8.78 Å². The van der Waals surface area contributed by atoms with Gasteiger partial charge in [0, 0.05) is 31.7 Å². The molecular formula is C14H20F2N2. The number of rotatable bonds is 3. The van der Waals surface area contributed by atoms with Crippen LogP contribution in [0, 0.1) is 17.0 Å². The van der Waals surface area contributed by atoms with Crippen molar-refractivity contribution < 1.29 is 8.78 Å². The molecule has 1 aliphatic heterocycles. The van der Waals surface area contributed by atoms with Gasteiger partial charge in [-0.05, 0) is 30.2 Å². The van der Waals surface area contributed by atoms with Crippen LogP contribution in [0.3, 0.4) is 0 Å². The standard InChI is InChI=1S/C14H20F2N2/c1-14(2)9-18(3)8-13(14)17-7-10-4-11(15)6-12(16)5-10/h4-6,13,17H,7-9H2,1-3H3. The van der Waals surface area contributed by atoms with Gasteiger partial charge in [0.15, 0.2) is 0 Å². The first kappa shape index (κ1) is 13.4. The molecule has 0 aromatic heterocycles. The Morgan fingerprint density at radius 1 is 1.28 bits per heavy atom. The van der Waals surface area contributed by atoms with Crippen LogP contribution in [-0.4, -0.2) is 31.1 Å². The summed E-state index contributed by atoms with van der Waals surface area (Å²) in [4.78, 5) is 2.27. The molecule has 1 saturated heterocycles. The number of hydrogen-bond donors (Lipinski definition) is 1. The predicted octanol–water partition coefficient (Wildman–Crippen LogP) is 2.39. The largest absolute Gasteiger partial charge is 0.308 e. The Kier molecular flexibility index (Phi) is 3.69. The number of halogens is 2. The fourth-order valence-electron chi connectivity index (χ4n) is 2.72. The van der Waals surface area contributed by atoms with Crippen molar-refractivity contribution in [1.82, 2.24) is 10.2 Å². The van der Waals surface area contributed by atoms with Gasteiger partial charge in [0.1, 0.15) is 11.6 Å². The maximum Gasteiger partial charge on any atom is 0.126 e. The van der Waals surface area contributed by atoms with Crippen molar-refractivity contribution in [2.24, 2.45) is 5.41 Å². The lowest BCUT2D eigenvalue weighted by molar-refractivity contribution is 0.297. The highest BCUT2D eigenvalue weighted by molar-refractivity contribution is 5.18. The summed E-state index contributed by atoms with van der Waals surface area (Å²) in [6.07, 6.45) is 0. The van der Waals surface area contributed by atoms with Crippen molar-refractivity contribution in [3.05, 3.63) is 35.4 Å². The zero-order valence-electron chi connectivity index (χ0n) is 11.1. The van der Waals surface area contributed by atoms with Gasteiger partial charge in [0.2, 0.25) is 0 Å². The number of hydrogen-bond acceptors (Lipinski definition) is 2. The number of nitrogens with one attached hydrogen (secondary N) is 1. The van der Waals surface area contributed by atoms with Crippen LogP contribution in [0.5, 0.6) is 0 Å². The van der Waals surface area contributed by atoms with E-state index < -0.39 is 11.6 Å². The first-order valence-electron chi connectivity index (χ1n) is 6.24. The molecule has 0 bridgehead atoms. The van der Waals surface area contributed by atoms with Crippen molar-refractivity contribution in [1.29, 1.82) is 0 Å². The first-order chi connectivity index (χ1) is 8.37. The Bertz CT molecular complexity index is 412. The number of nitrogens with zero attached hydrogens (tertiary/aromatic N) is 1. The van der Waals surface area contributed by atoms with Gasteiger partial charge >= 0.3 is 0 Å². The summed E-state index contributed by atoms with van der Waals surface area (Å²) in [5.41, 5.74) is 0.832. The van der Waals surface area contributed by atoms with E-state index in [0.29, 0.717) is 18.2 Å². The second-order valence-corrected chi connectivity index (χ2v) is 5.90. The molecule has 1 fully saturated rings. The van der Waals surface area contributed by atoms with Gasteiger partial charge in [-0.15, -0.1) is 0 Å². The molecule has 2 nitrogen and oxygen atoms in total. The molecule has 0 aliphatic carbocycles. The molecule has 1 aliphatic rings. The lowest BCUT2D eigenvalue weighted by atomic mass is 9.88.